The molecule has 6 nitrogen and oxygen atoms in total. The summed E-state index contributed by atoms with van der Waals surface area (Å²) in [4.78, 5) is 11.6. The highest BCUT2D eigenvalue weighted by molar-refractivity contribution is 5.84. The van der Waals surface area contributed by atoms with E-state index in [-0.39, 0.29) is 24.0 Å². The Morgan fingerprint density at radius 1 is 1.14 bits per heavy atom. The zero-order valence-corrected chi connectivity index (χ0v) is 12.1. The number of benzene rings is 2. The van der Waals surface area contributed by atoms with Crippen molar-refractivity contribution in [1.82, 2.24) is 5.43 Å². The van der Waals surface area contributed by atoms with Crippen LogP contribution in [0.25, 0.3) is 0 Å². The fourth-order valence-corrected chi connectivity index (χ4v) is 1.69. The van der Waals surface area contributed by atoms with E-state index in [1.807, 2.05) is 31.2 Å². The molecule has 0 heterocycles. The maximum absolute atomic E-state index is 11.6. The Bertz CT molecular complexity index is 682. The van der Waals surface area contributed by atoms with Crippen LogP contribution in [0.3, 0.4) is 0 Å². The average molecular weight is 299 g/mol. The van der Waals surface area contributed by atoms with Crippen molar-refractivity contribution in [1.29, 1.82) is 0 Å². The van der Waals surface area contributed by atoms with Crippen molar-refractivity contribution >= 4 is 17.8 Å². The second-order valence-electron chi connectivity index (χ2n) is 4.76. The smallest absolute Gasteiger partial charge is 0.259 e. The van der Waals surface area contributed by atoms with Gasteiger partial charge >= 0.3 is 0 Å². The standard InChI is InChI=1S/C16H17N3O3/c1-11-2-5-13(6-3-11)17-10-16(22)19-18-9-12-4-7-14(20)15(21)8-12/h2-9,17,20-21H,10H2,1H3,(H,19,22). The van der Waals surface area contributed by atoms with Gasteiger partial charge in [0.1, 0.15) is 0 Å². The average Bonchev–Trinajstić information content (AvgIpc) is 2.50. The first-order valence-corrected chi connectivity index (χ1v) is 6.69. The topological polar surface area (TPSA) is 94.0 Å². The number of aromatic hydroxyl groups is 2. The molecule has 0 aromatic heterocycles. The number of nitrogens with zero attached hydrogens (tertiary/aromatic N) is 1. The Hall–Kier alpha value is -3.02. The van der Waals surface area contributed by atoms with E-state index in [2.05, 4.69) is 15.8 Å². The van der Waals surface area contributed by atoms with Gasteiger partial charge in [0.2, 0.25) is 0 Å². The molecule has 22 heavy (non-hydrogen) atoms. The highest BCUT2D eigenvalue weighted by atomic mass is 16.3. The first kappa shape index (κ1) is 15.4. The molecule has 0 atom stereocenters. The molecule has 0 saturated heterocycles. The number of phenolic OH excluding ortho intramolecular Hbond substituents is 2. The Kier molecular flexibility index (Phi) is 4.98. The third-order valence-electron chi connectivity index (χ3n) is 2.91. The molecule has 6 heteroatoms. The van der Waals surface area contributed by atoms with Crippen LogP contribution >= 0.6 is 0 Å². The summed E-state index contributed by atoms with van der Waals surface area (Å²) >= 11 is 0. The Labute approximate surface area is 128 Å². The summed E-state index contributed by atoms with van der Waals surface area (Å²) in [5.41, 5.74) is 4.93. The van der Waals surface area contributed by atoms with Crippen LogP contribution in [-0.4, -0.2) is 28.9 Å². The highest BCUT2D eigenvalue weighted by Gasteiger charge is 2.00. The quantitative estimate of drug-likeness (QED) is 0.386. The third kappa shape index (κ3) is 4.52. The van der Waals surface area contributed by atoms with Crippen LogP contribution < -0.4 is 10.7 Å². The van der Waals surface area contributed by atoms with Crippen molar-refractivity contribution in [3.8, 4) is 11.5 Å². The molecule has 0 saturated carbocycles. The van der Waals surface area contributed by atoms with E-state index in [9.17, 15) is 15.0 Å². The Balaban J connectivity index is 1.80. The van der Waals surface area contributed by atoms with Crippen molar-refractivity contribution in [3.05, 3.63) is 53.6 Å². The SMILES string of the molecule is Cc1ccc(NCC(=O)NN=Cc2ccc(O)c(O)c2)cc1. The number of carbonyl (C=O) groups excluding carboxylic acids is 1. The summed E-state index contributed by atoms with van der Waals surface area (Å²) < 4.78 is 0. The fraction of sp³-hybridized carbons (Fsp3) is 0.125. The van der Waals surface area contributed by atoms with E-state index in [1.165, 1.54) is 18.3 Å². The molecule has 4 N–H and O–H groups in total. The zero-order valence-electron chi connectivity index (χ0n) is 12.1. The van der Waals surface area contributed by atoms with E-state index in [0.29, 0.717) is 5.56 Å². The van der Waals surface area contributed by atoms with E-state index in [0.717, 1.165) is 11.3 Å². The minimum absolute atomic E-state index is 0.0984. The number of rotatable bonds is 5. The van der Waals surface area contributed by atoms with Gasteiger partial charge in [0, 0.05) is 5.69 Å². The summed E-state index contributed by atoms with van der Waals surface area (Å²) in [6.45, 7) is 2.09. The molecular weight excluding hydrogens is 282 g/mol. The van der Waals surface area contributed by atoms with Gasteiger partial charge in [-0.05, 0) is 42.8 Å². The van der Waals surface area contributed by atoms with Crippen LogP contribution in [-0.2, 0) is 4.79 Å². The molecule has 0 radical (unpaired) electrons. The monoisotopic (exact) mass is 299 g/mol. The van der Waals surface area contributed by atoms with Gasteiger partial charge in [-0.3, -0.25) is 4.79 Å². The molecule has 2 aromatic rings. The number of amides is 1. The van der Waals surface area contributed by atoms with Gasteiger partial charge in [-0.2, -0.15) is 5.10 Å². The van der Waals surface area contributed by atoms with Crippen molar-refractivity contribution in [2.75, 3.05) is 11.9 Å². The molecule has 0 spiro atoms. The maximum atomic E-state index is 11.6. The molecule has 1 amide bonds. The number of nitrogens with one attached hydrogen (secondary N) is 2. The normalized spacial score (nSPS) is 10.6. The molecule has 0 fully saturated rings. The molecular formula is C16H17N3O3. The number of hydrogen-bond donors (Lipinski definition) is 4. The van der Waals surface area contributed by atoms with Crippen molar-refractivity contribution < 1.29 is 15.0 Å². The van der Waals surface area contributed by atoms with Crippen LogP contribution in [0, 0.1) is 6.92 Å². The van der Waals surface area contributed by atoms with E-state index < -0.39 is 0 Å². The van der Waals surface area contributed by atoms with Gasteiger partial charge in [0.05, 0.1) is 12.8 Å². The van der Waals surface area contributed by atoms with Crippen molar-refractivity contribution in [3.63, 3.8) is 0 Å². The lowest BCUT2D eigenvalue weighted by molar-refractivity contribution is -0.119. The molecule has 2 rings (SSSR count). The predicted octanol–water partition coefficient (Wildman–Crippen LogP) is 1.97. The number of aryl methyl sites for hydroxylation is 1. The van der Waals surface area contributed by atoms with Crippen molar-refractivity contribution in [2.24, 2.45) is 5.10 Å². The van der Waals surface area contributed by atoms with Crippen molar-refractivity contribution in [2.45, 2.75) is 6.92 Å². The first-order valence-electron chi connectivity index (χ1n) is 6.69. The number of phenols is 2. The van der Waals surface area contributed by atoms with Crippen LogP contribution in [0.5, 0.6) is 11.5 Å². The molecule has 0 aliphatic rings. The van der Waals surface area contributed by atoms with E-state index >= 15 is 0 Å². The molecule has 114 valence electrons. The Morgan fingerprint density at radius 3 is 2.55 bits per heavy atom. The number of hydrogen-bond acceptors (Lipinski definition) is 5. The van der Waals surface area contributed by atoms with Crippen LogP contribution in [0.2, 0.25) is 0 Å². The van der Waals surface area contributed by atoms with Gasteiger partial charge < -0.3 is 15.5 Å². The number of hydrazone groups is 1. The highest BCUT2D eigenvalue weighted by Crippen LogP contribution is 2.23. The summed E-state index contributed by atoms with van der Waals surface area (Å²) in [7, 11) is 0. The predicted molar refractivity (Wildman–Crippen MR) is 85.2 cm³/mol. The third-order valence-corrected chi connectivity index (χ3v) is 2.91. The summed E-state index contributed by atoms with van der Waals surface area (Å²) in [6.07, 6.45) is 1.38. The lowest BCUT2D eigenvalue weighted by atomic mass is 10.2. The first-order chi connectivity index (χ1) is 10.5. The lowest BCUT2D eigenvalue weighted by Crippen LogP contribution is -2.25. The van der Waals surface area contributed by atoms with Gasteiger partial charge in [0.25, 0.3) is 5.91 Å². The van der Waals surface area contributed by atoms with Gasteiger partial charge in [0.15, 0.2) is 11.5 Å². The second-order valence-corrected chi connectivity index (χ2v) is 4.76. The fourth-order valence-electron chi connectivity index (χ4n) is 1.69. The Morgan fingerprint density at radius 2 is 1.86 bits per heavy atom. The summed E-state index contributed by atoms with van der Waals surface area (Å²) in [5.74, 6) is -0.736. The minimum atomic E-state index is -0.292. The van der Waals surface area contributed by atoms with Gasteiger partial charge in [-0.25, -0.2) is 5.43 Å². The maximum Gasteiger partial charge on any atom is 0.259 e. The van der Waals surface area contributed by atoms with Gasteiger partial charge in [-0.1, -0.05) is 17.7 Å². The molecule has 2 aromatic carbocycles. The molecule has 0 aliphatic carbocycles. The largest absolute Gasteiger partial charge is 0.504 e. The van der Waals surface area contributed by atoms with Gasteiger partial charge in [-0.15, -0.1) is 0 Å². The van der Waals surface area contributed by atoms with Crippen LogP contribution in [0.4, 0.5) is 5.69 Å². The summed E-state index contributed by atoms with van der Waals surface area (Å²) in [6, 6.07) is 11.9. The molecule has 0 bridgehead atoms. The van der Waals surface area contributed by atoms with Crippen LogP contribution in [0.1, 0.15) is 11.1 Å². The second kappa shape index (κ2) is 7.12. The number of carbonyl (C=O) groups is 1. The van der Waals surface area contributed by atoms with E-state index in [4.69, 9.17) is 0 Å². The zero-order chi connectivity index (χ0) is 15.9. The lowest BCUT2D eigenvalue weighted by Gasteiger charge is -2.05. The van der Waals surface area contributed by atoms with Crippen LogP contribution in [0.15, 0.2) is 47.6 Å². The summed E-state index contributed by atoms with van der Waals surface area (Å²) in [5, 5.41) is 25.3. The minimum Gasteiger partial charge on any atom is -0.504 e. The molecule has 0 aliphatic heterocycles. The molecule has 0 unspecified atom stereocenters. The number of anilines is 1. The van der Waals surface area contributed by atoms with E-state index in [1.54, 1.807) is 6.07 Å².